The average Bonchev–Trinajstić information content (AvgIpc) is 2.64. The number of anilines is 1. The molecule has 10 heteroatoms. The Morgan fingerprint density at radius 3 is 2.45 bits per heavy atom. The van der Waals surface area contributed by atoms with Gasteiger partial charge in [-0.1, -0.05) is 12.1 Å². The van der Waals surface area contributed by atoms with Crippen molar-refractivity contribution in [2.45, 2.75) is 13.1 Å². The van der Waals surface area contributed by atoms with Crippen molar-refractivity contribution in [1.82, 2.24) is 9.78 Å². The third-order valence-corrected chi connectivity index (χ3v) is 3.94. The number of carbonyl (C=O) groups excluding carboxylic acids is 1. The van der Waals surface area contributed by atoms with Gasteiger partial charge >= 0.3 is 6.18 Å². The van der Waals surface area contributed by atoms with Gasteiger partial charge in [0.25, 0.3) is 5.91 Å². The zero-order valence-corrected chi connectivity index (χ0v) is 14.7. The molecule has 0 saturated carbocycles. The van der Waals surface area contributed by atoms with Crippen molar-refractivity contribution in [3.8, 4) is 5.69 Å². The second-order valence-corrected chi connectivity index (χ2v) is 6.00. The van der Waals surface area contributed by atoms with E-state index >= 15 is 0 Å². The molecule has 1 aromatic heterocycles. The van der Waals surface area contributed by atoms with Crippen molar-refractivity contribution >= 4 is 11.6 Å². The molecule has 0 aliphatic heterocycles. The molecule has 0 aliphatic rings. The highest BCUT2D eigenvalue weighted by Gasteiger charge is 2.34. The van der Waals surface area contributed by atoms with Gasteiger partial charge in [-0.15, -0.1) is 0 Å². The van der Waals surface area contributed by atoms with Crippen LogP contribution in [0.4, 0.5) is 27.6 Å². The minimum absolute atomic E-state index is 0.0418. The second kappa shape index (κ2) is 7.46. The predicted molar refractivity (Wildman–Crippen MR) is 93.9 cm³/mol. The van der Waals surface area contributed by atoms with Gasteiger partial charge < -0.3 is 5.32 Å². The van der Waals surface area contributed by atoms with Crippen LogP contribution < -0.4 is 10.7 Å². The summed E-state index contributed by atoms with van der Waals surface area (Å²) in [6.07, 6.45) is -4.71. The SMILES string of the molecule is Cc1cc(=O)c(C(=O)Nc2cc(F)ccc2F)nn1-c1ccccc1C(F)(F)F. The molecule has 0 spiro atoms. The van der Waals surface area contributed by atoms with E-state index in [1.807, 2.05) is 5.32 Å². The molecule has 0 unspecified atom stereocenters. The molecular formula is C19H12F5N3O2. The first-order valence-electron chi connectivity index (χ1n) is 8.12. The molecule has 0 saturated heterocycles. The van der Waals surface area contributed by atoms with Crippen molar-refractivity contribution in [3.05, 3.63) is 87.3 Å². The normalized spacial score (nSPS) is 11.4. The summed E-state index contributed by atoms with van der Waals surface area (Å²) in [4.78, 5) is 24.5. The maximum atomic E-state index is 13.7. The van der Waals surface area contributed by atoms with E-state index in [1.54, 1.807) is 0 Å². The molecule has 0 atom stereocenters. The zero-order chi connectivity index (χ0) is 21.3. The number of alkyl halides is 3. The Morgan fingerprint density at radius 2 is 1.76 bits per heavy atom. The molecule has 5 nitrogen and oxygen atoms in total. The fourth-order valence-corrected chi connectivity index (χ4v) is 2.62. The average molecular weight is 409 g/mol. The lowest BCUT2D eigenvalue weighted by atomic mass is 10.1. The van der Waals surface area contributed by atoms with E-state index < -0.39 is 51.8 Å². The van der Waals surface area contributed by atoms with Gasteiger partial charge in [-0.05, 0) is 31.2 Å². The highest BCUT2D eigenvalue weighted by atomic mass is 19.4. The minimum Gasteiger partial charge on any atom is -0.318 e. The summed E-state index contributed by atoms with van der Waals surface area (Å²) in [5, 5.41) is 5.74. The van der Waals surface area contributed by atoms with Crippen LogP contribution in [-0.4, -0.2) is 15.7 Å². The van der Waals surface area contributed by atoms with Crippen LogP contribution in [0, 0.1) is 18.6 Å². The van der Waals surface area contributed by atoms with Crippen molar-refractivity contribution in [1.29, 1.82) is 0 Å². The number of rotatable bonds is 3. The standard InChI is InChI=1S/C19H12F5N3O2/c1-10-8-16(28)17(18(29)25-14-9-11(20)6-7-13(14)21)26-27(10)15-5-3-2-4-12(15)19(22,23)24/h2-9H,1H3,(H,25,29). The molecule has 0 fully saturated rings. The molecular weight excluding hydrogens is 397 g/mol. The van der Waals surface area contributed by atoms with Crippen LogP contribution in [0.1, 0.15) is 21.7 Å². The number of benzene rings is 2. The molecule has 1 N–H and O–H groups in total. The summed E-state index contributed by atoms with van der Waals surface area (Å²) >= 11 is 0. The van der Waals surface area contributed by atoms with Gasteiger partial charge in [0.2, 0.25) is 5.43 Å². The Labute approximate surface area is 160 Å². The molecule has 1 amide bonds. The first-order valence-corrected chi connectivity index (χ1v) is 8.12. The molecule has 150 valence electrons. The second-order valence-electron chi connectivity index (χ2n) is 6.00. The zero-order valence-electron chi connectivity index (χ0n) is 14.7. The minimum atomic E-state index is -4.71. The van der Waals surface area contributed by atoms with Crippen LogP contribution >= 0.6 is 0 Å². The van der Waals surface area contributed by atoms with E-state index in [9.17, 15) is 31.5 Å². The van der Waals surface area contributed by atoms with Gasteiger partial charge in [-0.2, -0.15) is 18.3 Å². The van der Waals surface area contributed by atoms with Crippen molar-refractivity contribution < 1.29 is 26.7 Å². The van der Waals surface area contributed by atoms with Gasteiger partial charge in [-0.3, -0.25) is 9.59 Å². The molecule has 1 heterocycles. The van der Waals surface area contributed by atoms with E-state index in [0.29, 0.717) is 6.07 Å². The third kappa shape index (κ3) is 4.15. The van der Waals surface area contributed by atoms with Crippen LogP contribution in [0.3, 0.4) is 0 Å². The lowest BCUT2D eigenvalue weighted by molar-refractivity contribution is -0.137. The quantitative estimate of drug-likeness (QED) is 0.663. The maximum absolute atomic E-state index is 13.7. The number of nitrogens with zero attached hydrogens (tertiary/aromatic N) is 2. The molecule has 0 bridgehead atoms. The van der Waals surface area contributed by atoms with E-state index in [-0.39, 0.29) is 5.69 Å². The Kier molecular flexibility index (Phi) is 5.19. The van der Waals surface area contributed by atoms with Crippen LogP contribution in [0.25, 0.3) is 5.69 Å². The first kappa shape index (κ1) is 20.2. The number of hydrogen-bond donors (Lipinski definition) is 1. The lowest BCUT2D eigenvalue weighted by Crippen LogP contribution is -2.28. The van der Waals surface area contributed by atoms with Crippen LogP contribution in [-0.2, 0) is 6.18 Å². The summed E-state index contributed by atoms with van der Waals surface area (Å²) in [5.41, 5.74) is -3.60. The van der Waals surface area contributed by atoms with Gasteiger partial charge in [0.05, 0.1) is 16.9 Å². The highest BCUT2D eigenvalue weighted by molar-refractivity contribution is 6.02. The largest absolute Gasteiger partial charge is 0.418 e. The number of amides is 1. The van der Waals surface area contributed by atoms with Crippen molar-refractivity contribution in [2.75, 3.05) is 5.32 Å². The monoisotopic (exact) mass is 409 g/mol. The fraction of sp³-hybridized carbons (Fsp3) is 0.105. The molecule has 29 heavy (non-hydrogen) atoms. The predicted octanol–water partition coefficient (Wildman–Crippen LogP) is 4.09. The van der Waals surface area contributed by atoms with E-state index in [2.05, 4.69) is 5.10 Å². The van der Waals surface area contributed by atoms with Gasteiger partial charge in [0, 0.05) is 17.8 Å². The Morgan fingerprint density at radius 1 is 1.07 bits per heavy atom. The van der Waals surface area contributed by atoms with E-state index in [1.165, 1.54) is 19.1 Å². The molecule has 0 aliphatic carbocycles. The van der Waals surface area contributed by atoms with Gasteiger partial charge in [0.15, 0.2) is 5.69 Å². The summed E-state index contributed by atoms with van der Waals surface area (Å²) in [7, 11) is 0. The number of para-hydroxylation sites is 1. The fourth-order valence-electron chi connectivity index (χ4n) is 2.62. The highest BCUT2D eigenvalue weighted by Crippen LogP contribution is 2.33. The lowest BCUT2D eigenvalue weighted by Gasteiger charge is -2.16. The summed E-state index contributed by atoms with van der Waals surface area (Å²) in [6, 6.07) is 7.70. The summed E-state index contributed by atoms with van der Waals surface area (Å²) in [5.74, 6) is -3.00. The van der Waals surface area contributed by atoms with Gasteiger partial charge in [-0.25, -0.2) is 13.5 Å². The Hall–Kier alpha value is -3.56. The first-order chi connectivity index (χ1) is 13.6. The summed E-state index contributed by atoms with van der Waals surface area (Å²) < 4.78 is 67.7. The number of halogens is 5. The smallest absolute Gasteiger partial charge is 0.318 e. The van der Waals surface area contributed by atoms with Gasteiger partial charge in [0.1, 0.15) is 11.6 Å². The topological polar surface area (TPSA) is 64.0 Å². The molecule has 3 aromatic rings. The Balaban J connectivity index is 2.09. The number of hydrogen-bond acceptors (Lipinski definition) is 3. The molecule has 0 radical (unpaired) electrons. The van der Waals surface area contributed by atoms with Crippen molar-refractivity contribution in [3.63, 3.8) is 0 Å². The van der Waals surface area contributed by atoms with Crippen LogP contribution in [0.15, 0.2) is 53.3 Å². The number of aromatic nitrogens is 2. The Bertz CT molecular complexity index is 1160. The summed E-state index contributed by atoms with van der Waals surface area (Å²) in [6.45, 7) is 1.34. The number of nitrogens with one attached hydrogen (secondary N) is 1. The van der Waals surface area contributed by atoms with Crippen LogP contribution in [0.5, 0.6) is 0 Å². The van der Waals surface area contributed by atoms with E-state index in [0.717, 1.165) is 35.0 Å². The number of carbonyl (C=O) groups is 1. The molecule has 3 rings (SSSR count). The van der Waals surface area contributed by atoms with Crippen molar-refractivity contribution in [2.24, 2.45) is 0 Å². The van der Waals surface area contributed by atoms with E-state index in [4.69, 9.17) is 0 Å². The number of aryl methyl sites for hydroxylation is 1. The molecule has 2 aromatic carbocycles. The van der Waals surface area contributed by atoms with Crippen LogP contribution in [0.2, 0.25) is 0 Å². The third-order valence-electron chi connectivity index (χ3n) is 3.94. The maximum Gasteiger partial charge on any atom is 0.418 e.